The Hall–Kier alpha value is -1.12. The van der Waals surface area contributed by atoms with Crippen molar-refractivity contribution >= 4 is 23.8 Å². The van der Waals surface area contributed by atoms with Crippen LogP contribution in [0.2, 0.25) is 0 Å². The molecule has 0 aromatic heterocycles. The summed E-state index contributed by atoms with van der Waals surface area (Å²) in [4.78, 5) is 24.8. The number of alkyl halides is 3. The third-order valence-electron chi connectivity index (χ3n) is 3.00. The predicted molar refractivity (Wildman–Crippen MR) is 61.8 cm³/mol. The molecule has 1 heterocycles. The van der Waals surface area contributed by atoms with Crippen molar-refractivity contribution in [1.29, 1.82) is 0 Å². The zero-order valence-corrected chi connectivity index (χ0v) is 10.7. The summed E-state index contributed by atoms with van der Waals surface area (Å²) in [5.74, 6) is -0.844. The van der Waals surface area contributed by atoms with Crippen LogP contribution in [-0.4, -0.2) is 63.3 Å². The standard InChI is InChI=1S/C10H13F3N2O3S/c11-10(12,13)4-14(6-1-2-6)9(18)15-5-19-3-7(15)8(16)17/h6-7H,1-5H2,(H,16,17)/t7-/m0/s1. The van der Waals surface area contributed by atoms with Crippen LogP contribution in [-0.2, 0) is 4.79 Å². The molecular formula is C10H13F3N2O3S. The first-order valence-electron chi connectivity index (χ1n) is 5.74. The van der Waals surface area contributed by atoms with Crippen LogP contribution in [0.25, 0.3) is 0 Å². The number of carbonyl (C=O) groups is 2. The Balaban J connectivity index is 2.08. The molecule has 0 bridgehead atoms. The molecule has 19 heavy (non-hydrogen) atoms. The Morgan fingerprint density at radius 3 is 2.47 bits per heavy atom. The molecule has 1 saturated heterocycles. The molecular weight excluding hydrogens is 285 g/mol. The zero-order valence-electron chi connectivity index (χ0n) is 9.89. The molecule has 1 aliphatic carbocycles. The highest BCUT2D eigenvalue weighted by atomic mass is 32.2. The highest BCUT2D eigenvalue weighted by Crippen LogP contribution is 2.33. The minimum Gasteiger partial charge on any atom is -0.480 e. The SMILES string of the molecule is O=C(O)[C@@H]1CSCN1C(=O)N(CC(F)(F)F)C1CC1. The van der Waals surface area contributed by atoms with Gasteiger partial charge >= 0.3 is 18.2 Å². The smallest absolute Gasteiger partial charge is 0.406 e. The molecule has 0 unspecified atom stereocenters. The van der Waals surface area contributed by atoms with E-state index in [1.54, 1.807) is 0 Å². The van der Waals surface area contributed by atoms with Crippen LogP contribution in [0.5, 0.6) is 0 Å². The number of carbonyl (C=O) groups excluding carboxylic acids is 1. The molecule has 1 aliphatic heterocycles. The van der Waals surface area contributed by atoms with Gasteiger partial charge in [0, 0.05) is 11.8 Å². The lowest BCUT2D eigenvalue weighted by atomic mass is 10.3. The second kappa shape index (κ2) is 5.10. The van der Waals surface area contributed by atoms with Crippen molar-refractivity contribution in [3.8, 4) is 0 Å². The Morgan fingerprint density at radius 2 is 2.00 bits per heavy atom. The molecule has 0 aromatic carbocycles. The first-order chi connectivity index (χ1) is 8.79. The quantitative estimate of drug-likeness (QED) is 0.859. The van der Waals surface area contributed by atoms with Crippen LogP contribution in [0.4, 0.5) is 18.0 Å². The van der Waals surface area contributed by atoms with E-state index in [1.807, 2.05) is 0 Å². The summed E-state index contributed by atoms with van der Waals surface area (Å²) in [6, 6.07) is -2.27. The Kier molecular flexibility index (Phi) is 3.84. The highest BCUT2D eigenvalue weighted by molar-refractivity contribution is 7.99. The predicted octanol–water partition coefficient (Wildman–Crippen LogP) is 1.59. The number of hydrogen-bond donors (Lipinski definition) is 1. The molecule has 0 radical (unpaired) electrons. The number of carboxylic acids is 1. The van der Waals surface area contributed by atoms with E-state index < -0.39 is 36.8 Å². The van der Waals surface area contributed by atoms with Crippen molar-refractivity contribution in [1.82, 2.24) is 9.80 Å². The lowest BCUT2D eigenvalue weighted by molar-refractivity contribution is -0.144. The fourth-order valence-electron chi connectivity index (χ4n) is 1.93. The molecule has 1 saturated carbocycles. The van der Waals surface area contributed by atoms with Crippen LogP contribution in [0, 0.1) is 0 Å². The number of nitrogens with zero attached hydrogens (tertiary/aromatic N) is 2. The normalized spacial score (nSPS) is 23.5. The van der Waals surface area contributed by atoms with Gasteiger partial charge < -0.3 is 14.9 Å². The van der Waals surface area contributed by atoms with Gasteiger partial charge in [0.05, 0.1) is 5.88 Å². The summed E-state index contributed by atoms with van der Waals surface area (Å²) >= 11 is 1.23. The fourth-order valence-corrected chi connectivity index (χ4v) is 3.07. The summed E-state index contributed by atoms with van der Waals surface area (Å²) in [5.41, 5.74) is 0. The maximum atomic E-state index is 12.5. The molecule has 2 fully saturated rings. The summed E-state index contributed by atoms with van der Waals surface area (Å²) < 4.78 is 37.4. The van der Waals surface area contributed by atoms with E-state index in [2.05, 4.69) is 0 Å². The van der Waals surface area contributed by atoms with Gasteiger partial charge in [0.25, 0.3) is 0 Å². The number of rotatable bonds is 3. The average molecular weight is 298 g/mol. The van der Waals surface area contributed by atoms with Gasteiger partial charge in [0.15, 0.2) is 0 Å². The summed E-state index contributed by atoms with van der Waals surface area (Å²) in [7, 11) is 0. The third-order valence-corrected chi connectivity index (χ3v) is 4.01. The minimum atomic E-state index is -4.47. The molecule has 2 rings (SSSR count). The molecule has 0 spiro atoms. The molecule has 2 aliphatic rings. The fraction of sp³-hybridized carbons (Fsp3) is 0.800. The van der Waals surface area contributed by atoms with Gasteiger partial charge in [-0.15, -0.1) is 11.8 Å². The number of hydrogen-bond acceptors (Lipinski definition) is 3. The van der Waals surface area contributed by atoms with Gasteiger partial charge in [-0.3, -0.25) is 0 Å². The maximum Gasteiger partial charge on any atom is 0.406 e. The van der Waals surface area contributed by atoms with Gasteiger partial charge in [-0.05, 0) is 12.8 Å². The summed E-state index contributed by atoms with van der Waals surface area (Å²) in [5, 5.41) is 8.95. The van der Waals surface area contributed by atoms with Crippen LogP contribution in [0.3, 0.4) is 0 Å². The summed E-state index contributed by atoms with van der Waals surface area (Å²) in [6.45, 7) is -1.32. The van der Waals surface area contributed by atoms with Gasteiger partial charge in [0.1, 0.15) is 12.6 Å². The number of urea groups is 1. The second-order valence-electron chi connectivity index (χ2n) is 4.58. The van der Waals surface area contributed by atoms with Gasteiger partial charge in [0.2, 0.25) is 0 Å². The van der Waals surface area contributed by atoms with E-state index in [9.17, 15) is 22.8 Å². The van der Waals surface area contributed by atoms with Crippen molar-refractivity contribution in [2.24, 2.45) is 0 Å². The highest BCUT2D eigenvalue weighted by Gasteiger charge is 2.45. The number of aliphatic carboxylic acids is 1. The molecule has 9 heteroatoms. The van der Waals surface area contributed by atoms with Crippen LogP contribution in [0.1, 0.15) is 12.8 Å². The number of thioether (sulfide) groups is 1. The Labute approximate surface area is 111 Å². The van der Waals surface area contributed by atoms with Crippen molar-refractivity contribution < 1.29 is 27.9 Å². The topological polar surface area (TPSA) is 60.9 Å². The van der Waals surface area contributed by atoms with E-state index in [1.165, 1.54) is 11.8 Å². The third kappa shape index (κ3) is 3.46. The molecule has 108 valence electrons. The molecule has 1 N–H and O–H groups in total. The molecule has 1 atom stereocenters. The summed E-state index contributed by atoms with van der Waals surface area (Å²) in [6.07, 6.45) is -3.38. The first-order valence-corrected chi connectivity index (χ1v) is 6.89. The molecule has 5 nitrogen and oxygen atoms in total. The monoisotopic (exact) mass is 298 g/mol. The van der Waals surface area contributed by atoms with Crippen LogP contribution >= 0.6 is 11.8 Å². The number of halogens is 3. The number of carboxylic acid groups (broad SMARTS) is 1. The molecule has 2 amide bonds. The first kappa shape index (κ1) is 14.3. The van der Waals surface area contributed by atoms with Gasteiger partial charge in [-0.2, -0.15) is 13.2 Å². The van der Waals surface area contributed by atoms with Crippen molar-refractivity contribution in [3.63, 3.8) is 0 Å². The van der Waals surface area contributed by atoms with E-state index in [0.29, 0.717) is 12.8 Å². The van der Waals surface area contributed by atoms with E-state index in [0.717, 1.165) is 9.80 Å². The second-order valence-corrected chi connectivity index (χ2v) is 5.58. The van der Waals surface area contributed by atoms with Gasteiger partial charge in [-0.25, -0.2) is 9.59 Å². The lowest BCUT2D eigenvalue weighted by Gasteiger charge is -2.30. The zero-order chi connectivity index (χ0) is 14.2. The van der Waals surface area contributed by atoms with E-state index >= 15 is 0 Å². The number of amides is 2. The molecule has 0 aromatic rings. The Morgan fingerprint density at radius 1 is 1.37 bits per heavy atom. The van der Waals surface area contributed by atoms with E-state index in [-0.39, 0.29) is 11.6 Å². The van der Waals surface area contributed by atoms with Crippen molar-refractivity contribution in [3.05, 3.63) is 0 Å². The maximum absolute atomic E-state index is 12.5. The average Bonchev–Trinajstić information content (AvgIpc) is 3.00. The van der Waals surface area contributed by atoms with Crippen LogP contribution in [0.15, 0.2) is 0 Å². The Bertz CT molecular complexity index is 387. The van der Waals surface area contributed by atoms with Gasteiger partial charge in [-0.1, -0.05) is 0 Å². The van der Waals surface area contributed by atoms with Crippen LogP contribution < -0.4 is 0 Å². The van der Waals surface area contributed by atoms with Crippen molar-refractivity contribution in [2.75, 3.05) is 18.2 Å². The largest absolute Gasteiger partial charge is 0.480 e. The lowest BCUT2D eigenvalue weighted by Crippen LogP contribution is -2.51. The minimum absolute atomic E-state index is 0.122. The van der Waals surface area contributed by atoms with E-state index in [4.69, 9.17) is 5.11 Å². The van der Waals surface area contributed by atoms with Crippen molar-refractivity contribution in [2.45, 2.75) is 31.1 Å².